The highest BCUT2D eigenvalue weighted by Crippen LogP contribution is 2.28. The van der Waals surface area contributed by atoms with Gasteiger partial charge < -0.3 is 5.32 Å². The number of nitrogens with one attached hydrogen (secondary N) is 1. The van der Waals surface area contributed by atoms with Crippen molar-refractivity contribution in [3.05, 3.63) is 62.7 Å². The van der Waals surface area contributed by atoms with Crippen LogP contribution in [0, 0.1) is 3.57 Å². The zero-order chi connectivity index (χ0) is 12.5. The molecule has 0 aliphatic carbocycles. The fourth-order valence-corrected chi connectivity index (χ4v) is 2.64. The van der Waals surface area contributed by atoms with Crippen LogP contribution in [-0.2, 0) is 6.42 Å². The van der Waals surface area contributed by atoms with Crippen LogP contribution in [0.25, 0.3) is 0 Å². The van der Waals surface area contributed by atoms with Crippen LogP contribution in [0.15, 0.2) is 42.5 Å². The molecule has 18 heavy (non-hydrogen) atoms. The van der Waals surface area contributed by atoms with Gasteiger partial charge in [0, 0.05) is 26.9 Å². The van der Waals surface area contributed by atoms with Crippen LogP contribution in [0.4, 0.5) is 5.69 Å². The lowest BCUT2D eigenvalue weighted by Gasteiger charge is -2.08. The summed E-state index contributed by atoms with van der Waals surface area (Å²) in [5.74, 6) is 0.0950. The maximum Gasteiger partial charge on any atom is 0.195 e. The lowest BCUT2D eigenvalue weighted by molar-refractivity contribution is 0.103. The van der Waals surface area contributed by atoms with Gasteiger partial charge in [-0.15, -0.1) is 0 Å². The maximum absolute atomic E-state index is 12.5. The van der Waals surface area contributed by atoms with Gasteiger partial charge in [-0.05, 0) is 64.9 Å². The Bertz CT molecular complexity index is 604. The van der Waals surface area contributed by atoms with Crippen molar-refractivity contribution in [2.24, 2.45) is 0 Å². The molecule has 3 heteroatoms. The van der Waals surface area contributed by atoms with E-state index in [-0.39, 0.29) is 5.78 Å². The molecule has 0 amide bonds. The summed E-state index contributed by atoms with van der Waals surface area (Å²) >= 11 is 2.24. The molecule has 1 aliphatic rings. The van der Waals surface area contributed by atoms with Crippen LogP contribution in [0.2, 0.25) is 0 Å². The first-order chi connectivity index (χ1) is 8.75. The minimum absolute atomic E-state index is 0.0950. The van der Waals surface area contributed by atoms with E-state index in [1.165, 1.54) is 5.56 Å². The number of benzene rings is 2. The molecule has 2 aromatic rings. The van der Waals surface area contributed by atoms with E-state index < -0.39 is 0 Å². The summed E-state index contributed by atoms with van der Waals surface area (Å²) in [6, 6.07) is 13.6. The van der Waals surface area contributed by atoms with Crippen molar-refractivity contribution in [2.45, 2.75) is 6.42 Å². The molecule has 0 radical (unpaired) electrons. The normalized spacial score (nSPS) is 12.9. The Labute approximate surface area is 120 Å². The average Bonchev–Trinajstić information content (AvgIpc) is 2.87. The number of hydrogen-bond acceptors (Lipinski definition) is 2. The maximum atomic E-state index is 12.5. The molecule has 0 spiro atoms. The van der Waals surface area contributed by atoms with Crippen LogP contribution in [0.3, 0.4) is 0 Å². The second-order valence-corrected chi connectivity index (χ2v) is 5.60. The molecule has 0 bridgehead atoms. The second-order valence-electron chi connectivity index (χ2n) is 4.35. The molecular weight excluding hydrogens is 337 g/mol. The number of carbonyl (C=O) groups excluding carboxylic acids is 1. The van der Waals surface area contributed by atoms with Crippen molar-refractivity contribution in [1.82, 2.24) is 0 Å². The minimum Gasteiger partial charge on any atom is -0.384 e. The largest absolute Gasteiger partial charge is 0.384 e. The van der Waals surface area contributed by atoms with E-state index in [0.717, 1.165) is 33.4 Å². The van der Waals surface area contributed by atoms with Gasteiger partial charge >= 0.3 is 0 Å². The fourth-order valence-electron chi connectivity index (χ4n) is 2.29. The molecule has 3 rings (SSSR count). The lowest BCUT2D eigenvalue weighted by atomic mass is 9.99. The van der Waals surface area contributed by atoms with Gasteiger partial charge in [-0.1, -0.05) is 12.1 Å². The van der Waals surface area contributed by atoms with E-state index in [9.17, 15) is 4.79 Å². The van der Waals surface area contributed by atoms with Gasteiger partial charge in [0.25, 0.3) is 0 Å². The number of fused-ring (bicyclic) bond motifs is 1. The summed E-state index contributed by atoms with van der Waals surface area (Å²) < 4.78 is 1.14. The number of halogens is 1. The molecule has 0 unspecified atom stereocenters. The van der Waals surface area contributed by atoms with Crippen molar-refractivity contribution < 1.29 is 4.79 Å². The SMILES string of the molecule is O=C(c1ccc(I)cc1)c1cccc2c1NCC2. The minimum atomic E-state index is 0.0950. The van der Waals surface area contributed by atoms with Crippen LogP contribution in [0.5, 0.6) is 0 Å². The molecule has 0 atom stereocenters. The molecule has 2 nitrogen and oxygen atoms in total. The number of hydrogen-bond donors (Lipinski definition) is 1. The smallest absolute Gasteiger partial charge is 0.195 e. The monoisotopic (exact) mass is 349 g/mol. The third-order valence-electron chi connectivity index (χ3n) is 3.20. The Morgan fingerprint density at radius 3 is 2.67 bits per heavy atom. The highest BCUT2D eigenvalue weighted by molar-refractivity contribution is 14.1. The summed E-state index contributed by atoms with van der Waals surface area (Å²) in [5, 5.41) is 3.31. The molecule has 1 N–H and O–H groups in total. The van der Waals surface area contributed by atoms with E-state index in [0.29, 0.717) is 0 Å². The van der Waals surface area contributed by atoms with Gasteiger partial charge in [0.1, 0.15) is 0 Å². The zero-order valence-corrected chi connectivity index (χ0v) is 11.9. The summed E-state index contributed by atoms with van der Waals surface area (Å²) in [5.41, 5.74) is 3.79. The zero-order valence-electron chi connectivity index (χ0n) is 9.74. The molecule has 1 heterocycles. The molecule has 0 saturated heterocycles. The number of rotatable bonds is 2. The molecule has 1 aliphatic heterocycles. The van der Waals surface area contributed by atoms with Crippen LogP contribution in [0.1, 0.15) is 21.5 Å². The van der Waals surface area contributed by atoms with E-state index in [1.807, 2.05) is 36.4 Å². The molecule has 2 aromatic carbocycles. The van der Waals surface area contributed by atoms with Gasteiger partial charge in [-0.25, -0.2) is 0 Å². The van der Waals surface area contributed by atoms with E-state index in [4.69, 9.17) is 0 Å². The Morgan fingerprint density at radius 1 is 1.11 bits per heavy atom. The molecule has 0 aromatic heterocycles. The van der Waals surface area contributed by atoms with Gasteiger partial charge in [0.2, 0.25) is 0 Å². The first-order valence-corrected chi connectivity index (χ1v) is 6.99. The van der Waals surface area contributed by atoms with Crippen molar-refractivity contribution in [3.8, 4) is 0 Å². The third kappa shape index (κ3) is 2.03. The topological polar surface area (TPSA) is 29.1 Å². The molecular formula is C15H12INO. The number of carbonyl (C=O) groups is 1. The van der Waals surface area contributed by atoms with Crippen molar-refractivity contribution in [1.29, 1.82) is 0 Å². The Morgan fingerprint density at radius 2 is 1.89 bits per heavy atom. The highest BCUT2D eigenvalue weighted by Gasteiger charge is 2.19. The predicted octanol–water partition coefficient (Wildman–Crippen LogP) is 3.49. The number of para-hydroxylation sites is 1. The first kappa shape index (κ1) is 11.7. The van der Waals surface area contributed by atoms with E-state index in [1.54, 1.807) is 0 Å². The van der Waals surface area contributed by atoms with Gasteiger partial charge in [-0.2, -0.15) is 0 Å². The number of ketones is 1. The van der Waals surface area contributed by atoms with Crippen molar-refractivity contribution >= 4 is 34.1 Å². The van der Waals surface area contributed by atoms with Crippen LogP contribution in [-0.4, -0.2) is 12.3 Å². The molecule has 90 valence electrons. The fraction of sp³-hybridized carbons (Fsp3) is 0.133. The predicted molar refractivity (Wildman–Crippen MR) is 81.2 cm³/mol. The third-order valence-corrected chi connectivity index (χ3v) is 3.92. The summed E-state index contributed by atoms with van der Waals surface area (Å²) in [6.45, 7) is 0.923. The van der Waals surface area contributed by atoms with Crippen LogP contribution >= 0.6 is 22.6 Å². The first-order valence-electron chi connectivity index (χ1n) is 5.92. The summed E-state index contributed by atoms with van der Waals surface area (Å²) in [7, 11) is 0. The summed E-state index contributed by atoms with van der Waals surface area (Å²) in [4.78, 5) is 12.5. The summed E-state index contributed by atoms with van der Waals surface area (Å²) in [6.07, 6.45) is 1.00. The van der Waals surface area contributed by atoms with Gasteiger partial charge in [-0.3, -0.25) is 4.79 Å². The Balaban J connectivity index is 2.03. The molecule has 0 saturated carbocycles. The second kappa shape index (κ2) is 4.72. The van der Waals surface area contributed by atoms with Crippen molar-refractivity contribution in [2.75, 3.05) is 11.9 Å². The average molecular weight is 349 g/mol. The van der Waals surface area contributed by atoms with Crippen LogP contribution < -0.4 is 5.32 Å². The Hall–Kier alpha value is -1.36. The molecule has 0 fully saturated rings. The Kier molecular flexibility index (Phi) is 3.07. The van der Waals surface area contributed by atoms with Crippen molar-refractivity contribution in [3.63, 3.8) is 0 Å². The van der Waals surface area contributed by atoms with Gasteiger partial charge in [0.05, 0.1) is 0 Å². The van der Waals surface area contributed by atoms with E-state index >= 15 is 0 Å². The number of anilines is 1. The highest BCUT2D eigenvalue weighted by atomic mass is 127. The van der Waals surface area contributed by atoms with Gasteiger partial charge in [0.15, 0.2) is 5.78 Å². The standard InChI is InChI=1S/C15H12INO/c16-12-6-4-11(5-7-12)15(18)13-3-1-2-10-8-9-17-14(10)13/h1-7,17H,8-9H2. The van der Waals surface area contributed by atoms with E-state index in [2.05, 4.69) is 34.0 Å². The quantitative estimate of drug-likeness (QED) is 0.664. The lowest BCUT2D eigenvalue weighted by Crippen LogP contribution is -2.05.